The third-order valence-corrected chi connectivity index (χ3v) is 7.98. The zero-order valence-corrected chi connectivity index (χ0v) is 23.8. The maximum Gasteiger partial charge on any atom is 0.338 e. The second-order valence-corrected chi connectivity index (χ2v) is 10.8. The van der Waals surface area contributed by atoms with E-state index in [0.29, 0.717) is 43.0 Å². The first-order valence-corrected chi connectivity index (χ1v) is 13.9. The smallest absolute Gasteiger partial charge is 0.338 e. The summed E-state index contributed by atoms with van der Waals surface area (Å²) in [7, 11) is 0. The molecule has 1 unspecified atom stereocenters. The minimum atomic E-state index is -0.743. The molecule has 1 aliphatic heterocycles. The van der Waals surface area contributed by atoms with Crippen molar-refractivity contribution >= 4 is 46.6 Å². The average molecular weight is 592 g/mol. The summed E-state index contributed by atoms with van der Waals surface area (Å²) < 4.78 is 13.3. The summed E-state index contributed by atoms with van der Waals surface area (Å²) in [5.74, 6) is 0.102. The zero-order chi connectivity index (χ0) is 28.2. The summed E-state index contributed by atoms with van der Waals surface area (Å²) in [5.41, 5.74) is 2.96. The van der Waals surface area contributed by atoms with Gasteiger partial charge >= 0.3 is 5.97 Å². The maximum atomic E-state index is 13.8. The number of halogens is 2. The van der Waals surface area contributed by atoms with Crippen LogP contribution in [0.1, 0.15) is 29.7 Å². The summed E-state index contributed by atoms with van der Waals surface area (Å²) in [6.45, 7) is 5.82. The fourth-order valence-electron chi connectivity index (χ4n) is 4.35. The number of ether oxygens (including phenoxy) is 2. The number of carbonyl (C=O) groups excluding carboxylic acids is 1. The van der Waals surface area contributed by atoms with Crippen molar-refractivity contribution in [1.29, 1.82) is 0 Å². The lowest BCUT2D eigenvalue weighted by Crippen LogP contribution is -2.39. The fourth-order valence-corrected chi connectivity index (χ4v) is 5.70. The van der Waals surface area contributed by atoms with Gasteiger partial charge in [0.05, 0.1) is 31.9 Å². The molecule has 40 heavy (non-hydrogen) atoms. The highest BCUT2D eigenvalue weighted by Crippen LogP contribution is 2.32. The number of fused-ring (bicyclic) bond motifs is 1. The minimum Gasteiger partial charge on any atom is -0.489 e. The van der Waals surface area contributed by atoms with E-state index in [1.165, 1.54) is 22.0 Å². The van der Waals surface area contributed by atoms with Crippen LogP contribution in [0.4, 0.5) is 0 Å². The Labute approximate surface area is 244 Å². The summed E-state index contributed by atoms with van der Waals surface area (Å²) in [6.07, 6.45) is 3.23. The monoisotopic (exact) mass is 590 g/mol. The molecule has 6 nitrogen and oxygen atoms in total. The Bertz CT molecular complexity index is 1790. The number of thiazole rings is 1. The van der Waals surface area contributed by atoms with Crippen LogP contribution in [-0.4, -0.2) is 17.1 Å². The molecule has 0 N–H and O–H groups in total. The minimum absolute atomic E-state index is 0.0380. The normalized spacial score (nSPS) is 14.9. The van der Waals surface area contributed by atoms with Crippen LogP contribution in [0, 0.1) is 0 Å². The van der Waals surface area contributed by atoms with Crippen molar-refractivity contribution in [3.63, 3.8) is 0 Å². The molecular formula is C31H24Cl2N2O4S. The highest BCUT2D eigenvalue weighted by atomic mass is 35.5. The zero-order valence-electron chi connectivity index (χ0n) is 21.5. The van der Waals surface area contributed by atoms with Crippen LogP contribution < -0.4 is 19.6 Å². The third kappa shape index (κ3) is 5.82. The SMILES string of the molecule is C=CCOC(=O)C1=C(C)N=c2s/c(=C\c3ccc(Cl)c(Cl)c3)c(=O)n2C1c1ccc(OCc2ccccc2)cc1. The van der Waals surface area contributed by atoms with Gasteiger partial charge in [-0.15, -0.1) is 0 Å². The Morgan fingerprint density at radius 3 is 2.52 bits per heavy atom. The van der Waals surface area contributed by atoms with Crippen molar-refractivity contribution in [2.75, 3.05) is 6.61 Å². The Kier molecular flexibility index (Phi) is 8.35. The highest BCUT2D eigenvalue weighted by molar-refractivity contribution is 7.07. The summed E-state index contributed by atoms with van der Waals surface area (Å²) >= 11 is 13.5. The van der Waals surface area contributed by atoms with Gasteiger partial charge in [0.25, 0.3) is 5.56 Å². The molecule has 0 aliphatic carbocycles. The molecule has 202 valence electrons. The third-order valence-electron chi connectivity index (χ3n) is 6.26. The Morgan fingerprint density at radius 2 is 1.82 bits per heavy atom. The molecule has 5 rings (SSSR count). The van der Waals surface area contributed by atoms with Crippen molar-refractivity contribution in [3.8, 4) is 5.75 Å². The van der Waals surface area contributed by atoms with Crippen LogP contribution in [0.25, 0.3) is 6.08 Å². The van der Waals surface area contributed by atoms with E-state index >= 15 is 0 Å². The van der Waals surface area contributed by atoms with Gasteiger partial charge in [-0.2, -0.15) is 0 Å². The van der Waals surface area contributed by atoms with Crippen LogP contribution in [-0.2, 0) is 16.1 Å². The number of hydrogen-bond donors (Lipinski definition) is 0. The number of hydrogen-bond acceptors (Lipinski definition) is 6. The highest BCUT2D eigenvalue weighted by Gasteiger charge is 2.33. The van der Waals surface area contributed by atoms with Gasteiger partial charge in [-0.25, -0.2) is 9.79 Å². The molecule has 0 radical (unpaired) electrons. The van der Waals surface area contributed by atoms with Crippen molar-refractivity contribution in [3.05, 3.63) is 143 Å². The largest absolute Gasteiger partial charge is 0.489 e. The van der Waals surface area contributed by atoms with Crippen LogP contribution in [0.2, 0.25) is 10.0 Å². The van der Waals surface area contributed by atoms with E-state index in [-0.39, 0.29) is 17.7 Å². The van der Waals surface area contributed by atoms with Gasteiger partial charge in [-0.1, -0.05) is 95.7 Å². The molecule has 9 heteroatoms. The van der Waals surface area contributed by atoms with Gasteiger partial charge in [0, 0.05) is 0 Å². The second-order valence-electron chi connectivity index (χ2n) is 8.99. The number of esters is 1. The quantitative estimate of drug-likeness (QED) is 0.191. The van der Waals surface area contributed by atoms with Crippen LogP contribution in [0.15, 0.2) is 107 Å². The average Bonchev–Trinajstić information content (AvgIpc) is 3.26. The number of allylic oxidation sites excluding steroid dienone is 1. The van der Waals surface area contributed by atoms with E-state index in [4.69, 9.17) is 32.7 Å². The molecule has 1 aliphatic rings. The molecular weight excluding hydrogens is 567 g/mol. The van der Waals surface area contributed by atoms with Crippen molar-refractivity contribution in [1.82, 2.24) is 4.57 Å². The molecule has 2 heterocycles. The van der Waals surface area contributed by atoms with Crippen molar-refractivity contribution in [2.24, 2.45) is 4.99 Å². The summed E-state index contributed by atoms with van der Waals surface area (Å²) in [6, 6.07) is 21.6. The van der Waals surface area contributed by atoms with Gasteiger partial charge in [0.1, 0.15) is 19.0 Å². The molecule has 3 aromatic carbocycles. The molecule has 0 spiro atoms. The second kappa shape index (κ2) is 12.1. The summed E-state index contributed by atoms with van der Waals surface area (Å²) in [5, 5.41) is 0.813. The van der Waals surface area contributed by atoms with Gasteiger partial charge in [-0.05, 0) is 54.0 Å². The number of aromatic nitrogens is 1. The first kappa shape index (κ1) is 27.6. The van der Waals surface area contributed by atoms with Gasteiger partial charge in [-0.3, -0.25) is 9.36 Å². The van der Waals surface area contributed by atoms with Crippen molar-refractivity contribution in [2.45, 2.75) is 19.6 Å². The van der Waals surface area contributed by atoms with E-state index in [2.05, 4.69) is 11.6 Å². The van der Waals surface area contributed by atoms with E-state index in [1.807, 2.05) is 54.6 Å². The fraction of sp³-hybridized carbons (Fsp3) is 0.129. The Morgan fingerprint density at radius 1 is 1.07 bits per heavy atom. The molecule has 4 aromatic rings. The first-order valence-electron chi connectivity index (χ1n) is 12.4. The predicted molar refractivity (Wildman–Crippen MR) is 159 cm³/mol. The molecule has 0 saturated carbocycles. The maximum absolute atomic E-state index is 13.8. The van der Waals surface area contributed by atoms with Crippen LogP contribution >= 0.6 is 34.5 Å². The molecule has 0 amide bonds. The molecule has 0 saturated heterocycles. The van der Waals surface area contributed by atoms with Gasteiger partial charge in [0.15, 0.2) is 4.80 Å². The topological polar surface area (TPSA) is 69.9 Å². The number of nitrogens with zero attached hydrogens (tertiary/aromatic N) is 2. The van der Waals surface area contributed by atoms with Crippen LogP contribution in [0.5, 0.6) is 5.75 Å². The van der Waals surface area contributed by atoms with E-state index in [0.717, 1.165) is 11.1 Å². The number of rotatable bonds is 8. The van der Waals surface area contributed by atoms with E-state index < -0.39 is 12.0 Å². The lowest BCUT2D eigenvalue weighted by Gasteiger charge is -2.24. The first-order chi connectivity index (χ1) is 19.4. The number of benzene rings is 3. The molecule has 1 aromatic heterocycles. The standard InChI is InChI=1S/C31H24Cl2N2O4S/c1-3-15-38-30(37)27-19(2)34-31-35(29(36)26(40-31)17-21-9-14-24(32)25(33)16-21)28(27)22-10-12-23(13-11-22)39-18-20-7-5-4-6-8-20/h3-14,16-17,28H,1,15,18H2,2H3/b26-17-. The Hall–Kier alpha value is -3.91. The van der Waals surface area contributed by atoms with E-state index in [1.54, 1.807) is 31.2 Å². The lowest BCUT2D eigenvalue weighted by atomic mass is 9.96. The molecule has 1 atom stereocenters. The molecule has 0 bridgehead atoms. The summed E-state index contributed by atoms with van der Waals surface area (Å²) in [4.78, 5) is 32.1. The lowest BCUT2D eigenvalue weighted by molar-refractivity contribution is -0.138. The number of carbonyl (C=O) groups is 1. The van der Waals surface area contributed by atoms with Gasteiger partial charge < -0.3 is 9.47 Å². The molecule has 0 fully saturated rings. The van der Waals surface area contributed by atoms with E-state index in [9.17, 15) is 9.59 Å². The van der Waals surface area contributed by atoms with Gasteiger partial charge in [0.2, 0.25) is 0 Å². The Balaban J connectivity index is 1.56. The van der Waals surface area contributed by atoms with Crippen molar-refractivity contribution < 1.29 is 14.3 Å². The van der Waals surface area contributed by atoms with Crippen LogP contribution in [0.3, 0.4) is 0 Å². The predicted octanol–water partition coefficient (Wildman–Crippen LogP) is 5.85.